The Morgan fingerprint density at radius 1 is 0.939 bits per heavy atom. The highest BCUT2D eigenvalue weighted by Crippen LogP contribution is 2.32. The van der Waals surface area contributed by atoms with E-state index in [0.29, 0.717) is 19.7 Å². The number of fused-ring (bicyclic) bond motifs is 1. The SMILES string of the molecule is CC(=O)N1CCc2ccccc2C1CC(=O)NCCc1ccc(OCc2ccccc2)cc1. The zero-order valence-electron chi connectivity index (χ0n) is 19.0. The molecule has 0 aliphatic carbocycles. The Hall–Kier alpha value is -3.60. The molecule has 4 rings (SSSR count). The van der Waals surface area contributed by atoms with Gasteiger partial charge in [0.1, 0.15) is 12.4 Å². The molecule has 3 aromatic carbocycles. The first kappa shape index (κ1) is 22.6. The van der Waals surface area contributed by atoms with E-state index in [4.69, 9.17) is 4.74 Å². The predicted molar refractivity (Wildman–Crippen MR) is 129 cm³/mol. The highest BCUT2D eigenvalue weighted by molar-refractivity contribution is 5.79. The van der Waals surface area contributed by atoms with Crippen LogP contribution in [0.15, 0.2) is 78.9 Å². The van der Waals surface area contributed by atoms with Crippen molar-refractivity contribution in [3.05, 3.63) is 101 Å². The van der Waals surface area contributed by atoms with Gasteiger partial charge in [0.2, 0.25) is 11.8 Å². The van der Waals surface area contributed by atoms with Gasteiger partial charge in [-0.25, -0.2) is 0 Å². The smallest absolute Gasteiger partial charge is 0.222 e. The maximum Gasteiger partial charge on any atom is 0.222 e. The van der Waals surface area contributed by atoms with Crippen molar-refractivity contribution in [2.75, 3.05) is 13.1 Å². The largest absolute Gasteiger partial charge is 0.489 e. The second-order valence-electron chi connectivity index (χ2n) is 8.40. The maximum absolute atomic E-state index is 12.7. The molecule has 5 heteroatoms. The first-order chi connectivity index (χ1) is 16.1. The minimum Gasteiger partial charge on any atom is -0.489 e. The standard InChI is InChI=1S/C28H30N2O3/c1-21(31)30-18-16-24-9-5-6-10-26(24)27(30)19-28(32)29-17-15-22-11-13-25(14-12-22)33-20-23-7-3-2-4-8-23/h2-14,27H,15-20H2,1H3,(H,29,32). The normalized spacial score (nSPS) is 14.9. The molecule has 0 aromatic heterocycles. The molecule has 33 heavy (non-hydrogen) atoms. The van der Waals surface area contributed by atoms with Crippen molar-refractivity contribution in [1.29, 1.82) is 0 Å². The summed E-state index contributed by atoms with van der Waals surface area (Å²) in [6.07, 6.45) is 1.85. The van der Waals surface area contributed by atoms with E-state index in [-0.39, 0.29) is 24.3 Å². The molecule has 2 amide bonds. The quantitative estimate of drug-likeness (QED) is 0.560. The van der Waals surface area contributed by atoms with Crippen LogP contribution in [0.25, 0.3) is 0 Å². The Kier molecular flexibility index (Phi) is 7.40. The van der Waals surface area contributed by atoms with Gasteiger partial charge < -0.3 is 15.0 Å². The van der Waals surface area contributed by atoms with Crippen LogP contribution in [0.2, 0.25) is 0 Å². The van der Waals surface area contributed by atoms with Gasteiger partial charge in [0.15, 0.2) is 0 Å². The maximum atomic E-state index is 12.7. The molecule has 1 unspecified atom stereocenters. The number of benzene rings is 3. The van der Waals surface area contributed by atoms with Crippen molar-refractivity contribution in [3.8, 4) is 5.75 Å². The number of nitrogens with one attached hydrogen (secondary N) is 1. The van der Waals surface area contributed by atoms with E-state index in [1.54, 1.807) is 6.92 Å². The van der Waals surface area contributed by atoms with Gasteiger partial charge in [0.25, 0.3) is 0 Å². The van der Waals surface area contributed by atoms with E-state index < -0.39 is 0 Å². The number of carbonyl (C=O) groups excluding carboxylic acids is 2. The predicted octanol–water partition coefficient (Wildman–Crippen LogP) is 4.46. The van der Waals surface area contributed by atoms with Gasteiger partial charge in [-0.2, -0.15) is 0 Å². The summed E-state index contributed by atoms with van der Waals surface area (Å²) in [6, 6.07) is 26.0. The number of carbonyl (C=O) groups is 2. The van der Waals surface area contributed by atoms with E-state index in [1.165, 1.54) is 5.56 Å². The third-order valence-electron chi connectivity index (χ3n) is 6.10. The fraction of sp³-hybridized carbons (Fsp3) is 0.286. The lowest BCUT2D eigenvalue weighted by molar-refractivity contribution is -0.133. The average molecular weight is 443 g/mol. The fourth-order valence-electron chi connectivity index (χ4n) is 4.34. The summed E-state index contributed by atoms with van der Waals surface area (Å²) in [6.45, 7) is 3.32. The van der Waals surface area contributed by atoms with Crippen LogP contribution in [0.1, 0.15) is 41.6 Å². The molecule has 0 radical (unpaired) electrons. The van der Waals surface area contributed by atoms with Gasteiger partial charge in [-0.15, -0.1) is 0 Å². The second-order valence-corrected chi connectivity index (χ2v) is 8.40. The third-order valence-corrected chi connectivity index (χ3v) is 6.10. The molecule has 1 aliphatic heterocycles. The van der Waals surface area contributed by atoms with Crippen molar-refractivity contribution in [3.63, 3.8) is 0 Å². The van der Waals surface area contributed by atoms with Crippen LogP contribution in [0.4, 0.5) is 0 Å². The molecule has 1 heterocycles. The summed E-state index contributed by atoms with van der Waals surface area (Å²) < 4.78 is 5.83. The van der Waals surface area contributed by atoms with Gasteiger partial charge >= 0.3 is 0 Å². The lowest BCUT2D eigenvalue weighted by atomic mass is 9.90. The van der Waals surface area contributed by atoms with E-state index >= 15 is 0 Å². The van der Waals surface area contributed by atoms with Crippen LogP contribution >= 0.6 is 0 Å². The van der Waals surface area contributed by atoms with Crippen molar-refractivity contribution < 1.29 is 14.3 Å². The summed E-state index contributed by atoms with van der Waals surface area (Å²) in [7, 11) is 0. The Labute approximate surface area is 195 Å². The monoisotopic (exact) mass is 442 g/mol. The van der Waals surface area contributed by atoms with Crippen molar-refractivity contribution in [1.82, 2.24) is 10.2 Å². The molecular formula is C28H30N2O3. The third kappa shape index (κ3) is 6.01. The molecule has 3 aromatic rings. The second kappa shape index (κ2) is 10.8. The number of amides is 2. The van der Waals surface area contributed by atoms with Crippen molar-refractivity contribution in [2.45, 2.75) is 38.8 Å². The van der Waals surface area contributed by atoms with Crippen LogP contribution in [-0.4, -0.2) is 29.8 Å². The number of nitrogens with zero attached hydrogens (tertiary/aromatic N) is 1. The van der Waals surface area contributed by atoms with Gasteiger partial charge in [0, 0.05) is 20.0 Å². The van der Waals surface area contributed by atoms with Crippen LogP contribution in [0.3, 0.4) is 0 Å². The number of hydrogen-bond donors (Lipinski definition) is 1. The Balaban J connectivity index is 1.26. The number of hydrogen-bond acceptors (Lipinski definition) is 3. The Morgan fingerprint density at radius 2 is 1.67 bits per heavy atom. The average Bonchev–Trinajstić information content (AvgIpc) is 2.84. The van der Waals surface area contributed by atoms with E-state index in [2.05, 4.69) is 11.4 Å². The Bertz CT molecular complexity index is 1080. The summed E-state index contributed by atoms with van der Waals surface area (Å²) in [5.74, 6) is 0.801. The zero-order valence-corrected chi connectivity index (χ0v) is 19.0. The van der Waals surface area contributed by atoms with Gasteiger partial charge in [-0.1, -0.05) is 66.7 Å². The first-order valence-electron chi connectivity index (χ1n) is 11.5. The summed E-state index contributed by atoms with van der Waals surface area (Å²) in [5.41, 5.74) is 4.58. The molecule has 0 bridgehead atoms. The van der Waals surface area contributed by atoms with Crippen molar-refractivity contribution >= 4 is 11.8 Å². The Morgan fingerprint density at radius 3 is 2.42 bits per heavy atom. The number of rotatable bonds is 8. The van der Waals surface area contributed by atoms with Crippen LogP contribution in [0, 0.1) is 0 Å². The van der Waals surface area contributed by atoms with E-state index in [0.717, 1.165) is 35.3 Å². The lowest BCUT2D eigenvalue weighted by Gasteiger charge is -2.36. The van der Waals surface area contributed by atoms with Gasteiger partial charge in [-0.05, 0) is 47.2 Å². The first-order valence-corrected chi connectivity index (χ1v) is 11.5. The minimum atomic E-state index is -0.200. The molecule has 0 fully saturated rings. The van der Waals surface area contributed by atoms with E-state index in [1.807, 2.05) is 77.7 Å². The molecule has 0 saturated carbocycles. The van der Waals surface area contributed by atoms with Crippen molar-refractivity contribution in [2.24, 2.45) is 0 Å². The van der Waals surface area contributed by atoms with E-state index in [9.17, 15) is 9.59 Å². The van der Waals surface area contributed by atoms with Gasteiger partial charge in [-0.3, -0.25) is 9.59 Å². The molecule has 0 saturated heterocycles. The molecular weight excluding hydrogens is 412 g/mol. The topological polar surface area (TPSA) is 58.6 Å². The molecule has 1 aliphatic rings. The molecule has 1 N–H and O–H groups in total. The highest BCUT2D eigenvalue weighted by atomic mass is 16.5. The summed E-state index contributed by atoms with van der Waals surface area (Å²) >= 11 is 0. The molecule has 0 spiro atoms. The zero-order chi connectivity index (χ0) is 23.0. The summed E-state index contributed by atoms with van der Waals surface area (Å²) in [4.78, 5) is 26.6. The molecule has 1 atom stereocenters. The minimum absolute atomic E-state index is 0.0110. The van der Waals surface area contributed by atoms with Gasteiger partial charge in [0.05, 0.1) is 12.5 Å². The van der Waals surface area contributed by atoms with Crippen LogP contribution in [-0.2, 0) is 29.0 Å². The number of ether oxygens (including phenoxy) is 1. The highest BCUT2D eigenvalue weighted by Gasteiger charge is 2.30. The fourth-order valence-corrected chi connectivity index (χ4v) is 4.34. The molecule has 170 valence electrons. The van der Waals surface area contributed by atoms with Crippen LogP contribution < -0.4 is 10.1 Å². The lowest BCUT2D eigenvalue weighted by Crippen LogP contribution is -2.41. The summed E-state index contributed by atoms with van der Waals surface area (Å²) in [5, 5.41) is 3.02. The van der Waals surface area contributed by atoms with Crippen LogP contribution in [0.5, 0.6) is 5.75 Å². The molecule has 5 nitrogen and oxygen atoms in total.